The molecule has 388 valence electrons. The summed E-state index contributed by atoms with van der Waals surface area (Å²) < 4.78 is 53.5. The van der Waals surface area contributed by atoms with Crippen molar-refractivity contribution in [3.63, 3.8) is 0 Å². The summed E-state index contributed by atoms with van der Waals surface area (Å²) in [6, 6.07) is 50.9. The molecule has 0 N–H and O–H groups in total. The van der Waals surface area contributed by atoms with E-state index >= 15 is 13.2 Å². The first-order valence-corrected chi connectivity index (χ1v) is 25.7. The Hall–Kier alpha value is -8.69. The average Bonchev–Trinajstić information content (AvgIpc) is 4.00. The normalized spacial score (nSPS) is 16.6. The van der Waals surface area contributed by atoms with E-state index in [1.165, 1.54) is 24.3 Å². The highest BCUT2D eigenvalue weighted by Crippen LogP contribution is 2.57. The minimum absolute atomic E-state index is 0.162. The quantitative estimate of drug-likeness (QED) is 0.0755. The molecule has 0 aromatic heterocycles. The molecule has 2 aliphatic rings. The second-order valence-electron chi connectivity index (χ2n) is 19.8. The van der Waals surface area contributed by atoms with Crippen molar-refractivity contribution in [3.8, 4) is 17.2 Å². The van der Waals surface area contributed by atoms with Crippen LogP contribution < -0.4 is 19.6 Å². The molecule has 6 aromatic carbocycles. The molecule has 8 rings (SSSR count). The topological polar surface area (TPSA) is 54.7 Å². The Bertz CT molecular complexity index is 3320. The minimum Gasteiger partial charge on any atom is -0.491 e. The largest absolute Gasteiger partial charge is 0.491 e. The Kier molecular flexibility index (Phi) is 16.3. The summed E-state index contributed by atoms with van der Waals surface area (Å²) in [7, 11) is 8.09. The zero-order valence-electron chi connectivity index (χ0n) is 44.4. The second kappa shape index (κ2) is 23.1. The molecule has 0 radical (unpaired) electrons. The van der Waals surface area contributed by atoms with Crippen LogP contribution in [0.15, 0.2) is 215 Å². The maximum absolute atomic E-state index is 15.9. The maximum atomic E-state index is 15.9. The van der Waals surface area contributed by atoms with Gasteiger partial charge in [0.05, 0.1) is 19.2 Å². The van der Waals surface area contributed by atoms with E-state index in [9.17, 15) is 5.26 Å². The number of halogens is 4. The van der Waals surface area contributed by atoms with Crippen LogP contribution in [-0.4, -0.2) is 46.5 Å². The fourth-order valence-corrected chi connectivity index (χ4v) is 10.2. The van der Waals surface area contributed by atoms with Crippen LogP contribution in [0.3, 0.4) is 0 Å². The molecule has 0 saturated carbocycles. The Morgan fingerprint density at radius 1 is 0.649 bits per heavy atom. The van der Waals surface area contributed by atoms with Gasteiger partial charge in [0.2, 0.25) is 11.3 Å². The zero-order chi connectivity index (χ0) is 55.2. The molecular formula is C65H59ClF3N7O. The van der Waals surface area contributed by atoms with E-state index in [4.69, 9.17) is 29.5 Å². The van der Waals surface area contributed by atoms with Crippen LogP contribution >= 0.6 is 11.6 Å². The first kappa shape index (κ1) is 54.6. The molecule has 12 heteroatoms. The summed E-state index contributed by atoms with van der Waals surface area (Å²) in [5.41, 5.74) is 6.64. The molecule has 1 atom stereocenters. The van der Waals surface area contributed by atoms with Crippen molar-refractivity contribution >= 4 is 51.3 Å². The van der Waals surface area contributed by atoms with E-state index in [1.54, 1.807) is 18.2 Å². The van der Waals surface area contributed by atoms with Gasteiger partial charge >= 0.3 is 6.18 Å². The Morgan fingerprint density at radius 3 is 1.52 bits per heavy atom. The third-order valence-electron chi connectivity index (χ3n) is 13.8. The van der Waals surface area contributed by atoms with Crippen molar-refractivity contribution in [1.82, 2.24) is 0 Å². The van der Waals surface area contributed by atoms with E-state index in [-0.39, 0.29) is 17.6 Å². The van der Waals surface area contributed by atoms with E-state index < -0.39 is 34.5 Å². The predicted molar refractivity (Wildman–Crippen MR) is 309 cm³/mol. The SMILES string of the molecule is [C-]#[N+]C1=C(/C=C/C2=C(Cl)C(=C/C=C(c3ccc(N(c4ccc(N(C)C)cc4)C(C)C)cc3)c3ccc(N(c4ccc(N(C)C)cc4)C(C)C)cc3)/CC2)C(c2ccc(-c3ccccc3)cc2)(C(F)(F)F)O/C1=C(\C#N)[N+]#[C-]. The van der Waals surface area contributed by atoms with Crippen molar-refractivity contribution in [2.75, 3.05) is 47.8 Å². The van der Waals surface area contributed by atoms with E-state index in [2.05, 4.69) is 154 Å². The minimum atomic E-state index is -5.15. The van der Waals surface area contributed by atoms with Crippen molar-refractivity contribution < 1.29 is 17.9 Å². The fourth-order valence-electron chi connectivity index (χ4n) is 9.91. The van der Waals surface area contributed by atoms with Crippen LogP contribution in [0.25, 0.3) is 26.4 Å². The number of hydrogen-bond donors (Lipinski definition) is 0. The summed E-state index contributed by atoms with van der Waals surface area (Å²) in [5, 5.41) is 10.2. The zero-order valence-corrected chi connectivity index (χ0v) is 45.1. The molecule has 1 aliphatic heterocycles. The monoisotopic (exact) mass is 1050 g/mol. The van der Waals surface area contributed by atoms with Crippen LogP contribution in [0.1, 0.15) is 57.2 Å². The molecule has 0 bridgehead atoms. The summed E-state index contributed by atoms with van der Waals surface area (Å²) in [6.07, 6.45) is 2.44. The lowest BCUT2D eigenvalue weighted by atomic mass is 9.84. The third kappa shape index (κ3) is 11.2. The fraction of sp³-hybridized carbons (Fsp3) is 0.215. The Morgan fingerprint density at radius 2 is 1.10 bits per heavy atom. The smallest absolute Gasteiger partial charge is 0.435 e. The van der Waals surface area contributed by atoms with Gasteiger partial charge < -0.3 is 24.3 Å². The van der Waals surface area contributed by atoms with Crippen LogP contribution in [0, 0.1) is 24.5 Å². The molecule has 8 nitrogen and oxygen atoms in total. The Labute approximate surface area is 456 Å². The van der Waals surface area contributed by atoms with Crippen molar-refractivity contribution in [2.24, 2.45) is 0 Å². The molecule has 1 aliphatic carbocycles. The van der Waals surface area contributed by atoms with Gasteiger partial charge in [0.15, 0.2) is 0 Å². The lowest BCUT2D eigenvalue weighted by Crippen LogP contribution is -2.43. The number of nitrogens with zero attached hydrogens (tertiary/aromatic N) is 7. The lowest BCUT2D eigenvalue weighted by molar-refractivity contribution is -0.249. The van der Waals surface area contributed by atoms with Gasteiger partial charge in [-0.05, 0) is 152 Å². The highest BCUT2D eigenvalue weighted by Gasteiger charge is 2.64. The van der Waals surface area contributed by atoms with Gasteiger partial charge in [-0.25, -0.2) is 15.0 Å². The predicted octanol–water partition coefficient (Wildman–Crippen LogP) is 17.1. The molecule has 1 unspecified atom stereocenters. The number of anilines is 6. The highest BCUT2D eigenvalue weighted by molar-refractivity contribution is 6.33. The highest BCUT2D eigenvalue weighted by atomic mass is 35.5. The maximum Gasteiger partial charge on any atom is 0.435 e. The summed E-state index contributed by atoms with van der Waals surface area (Å²) >= 11 is 7.19. The summed E-state index contributed by atoms with van der Waals surface area (Å²) in [4.78, 5) is 15.4. The molecule has 77 heavy (non-hydrogen) atoms. The molecule has 0 fully saturated rings. The van der Waals surface area contributed by atoms with Crippen molar-refractivity contribution in [2.45, 2.75) is 64.4 Å². The second-order valence-corrected chi connectivity index (χ2v) is 20.2. The van der Waals surface area contributed by atoms with E-state index in [0.717, 1.165) is 62.0 Å². The molecule has 0 saturated heterocycles. The van der Waals surface area contributed by atoms with Crippen LogP contribution in [-0.2, 0) is 10.3 Å². The standard InChI is InChI=1S/C65H59ClF3N7O/c1-43(2)75(56-36-32-52(33-37-56)73(7)8)54-28-20-47(21-29-54)58(48-22-30-55(31-23-48)76(44(3)4)57-38-34-53(35-39-57)74(9)10)40-24-49-16-17-50(61(49)66)25-41-59-62(72-6)63(60(42-70)71-5)77-64(59,65(67,68)69)51-26-18-46(19-27-51)45-14-12-11-13-15-45/h11-15,18-41,43-44H,16-17H2,1-4,7-10H3/b41-25+,49-24+,63-60+. The van der Waals surface area contributed by atoms with Gasteiger partial charge in [-0.1, -0.05) is 115 Å². The van der Waals surface area contributed by atoms with E-state index in [0.29, 0.717) is 29.0 Å². The van der Waals surface area contributed by atoms with Gasteiger partial charge in [0, 0.05) is 90.6 Å². The average molecular weight is 1050 g/mol. The third-order valence-corrected chi connectivity index (χ3v) is 14.3. The molecule has 0 spiro atoms. The first-order valence-electron chi connectivity index (χ1n) is 25.3. The van der Waals surface area contributed by atoms with Gasteiger partial charge in [0.25, 0.3) is 5.70 Å². The first-order chi connectivity index (χ1) is 36.9. The molecule has 0 amide bonds. The summed E-state index contributed by atoms with van der Waals surface area (Å²) in [6.45, 7) is 24.4. The van der Waals surface area contributed by atoms with Crippen molar-refractivity contribution in [3.05, 3.63) is 254 Å². The molecular weight excluding hydrogens is 987 g/mol. The van der Waals surface area contributed by atoms with Crippen molar-refractivity contribution in [1.29, 1.82) is 5.26 Å². The number of ether oxygens (including phenoxy) is 1. The van der Waals surface area contributed by atoms with Gasteiger partial charge in [-0.15, -0.1) is 0 Å². The number of rotatable bonds is 15. The molecule has 6 aromatic rings. The van der Waals surface area contributed by atoms with E-state index in [1.807, 2.05) is 70.7 Å². The summed E-state index contributed by atoms with van der Waals surface area (Å²) in [5.74, 6) is -0.724. The van der Waals surface area contributed by atoms with Gasteiger partial charge in [-0.2, -0.15) is 13.2 Å². The van der Waals surface area contributed by atoms with Crippen LogP contribution in [0.4, 0.5) is 47.3 Å². The lowest BCUT2D eigenvalue weighted by Gasteiger charge is -2.34. The number of hydrogen-bond acceptors (Lipinski definition) is 6. The number of nitriles is 1. The van der Waals surface area contributed by atoms with Gasteiger partial charge in [0.1, 0.15) is 5.76 Å². The number of benzene rings is 6. The Balaban J connectivity index is 1.20. The molecule has 1 heterocycles. The van der Waals surface area contributed by atoms with Crippen LogP contribution in [0.5, 0.6) is 0 Å². The number of alkyl halides is 3. The van der Waals surface area contributed by atoms with Gasteiger partial charge in [-0.3, -0.25) is 0 Å². The van der Waals surface area contributed by atoms with Crippen LogP contribution in [0.2, 0.25) is 0 Å². The number of allylic oxidation sites excluding steroid dienone is 7.